The van der Waals surface area contributed by atoms with Crippen molar-refractivity contribution < 1.29 is 9.90 Å². The Hall–Kier alpha value is -1.35. The van der Waals surface area contributed by atoms with Crippen LogP contribution in [0.1, 0.15) is 38.8 Å². The first-order chi connectivity index (χ1) is 8.06. The van der Waals surface area contributed by atoms with Gasteiger partial charge in [0, 0.05) is 12.1 Å². The van der Waals surface area contributed by atoms with Crippen molar-refractivity contribution in [3.63, 3.8) is 0 Å². The average molecular weight is 235 g/mol. The van der Waals surface area contributed by atoms with Crippen molar-refractivity contribution in [2.24, 2.45) is 0 Å². The minimum atomic E-state index is -0.770. The van der Waals surface area contributed by atoms with Crippen LogP contribution in [0.2, 0.25) is 0 Å². The molecule has 0 aromatic heterocycles. The molecule has 1 unspecified atom stereocenters. The average Bonchev–Trinajstić information content (AvgIpc) is 2.29. The van der Waals surface area contributed by atoms with Crippen molar-refractivity contribution in [1.29, 1.82) is 0 Å². The predicted octanol–water partition coefficient (Wildman–Crippen LogP) is 2.93. The molecule has 0 aliphatic carbocycles. The van der Waals surface area contributed by atoms with E-state index < -0.39 is 5.97 Å². The molecule has 0 saturated carbocycles. The van der Waals surface area contributed by atoms with Gasteiger partial charge in [-0.1, -0.05) is 37.3 Å². The third kappa shape index (κ3) is 3.86. The minimum Gasteiger partial charge on any atom is -0.480 e. The van der Waals surface area contributed by atoms with E-state index in [1.807, 2.05) is 36.9 Å². The van der Waals surface area contributed by atoms with Crippen molar-refractivity contribution in [3.05, 3.63) is 35.9 Å². The van der Waals surface area contributed by atoms with Gasteiger partial charge in [-0.25, -0.2) is 0 Å². The Morgan fingerprint density at radius 1 is 1.29 bits per heavy atom. The van der Waals surface area contributed by atoms with Gasteiger partial charge in [0.25, 0.3) is 0 Å². The Morgan fingerprint density at radius 3 is 2.29 bits per heavy atom. The molecule has 1 atom stereocenters. The van der Waals surface area contributed by atoms with E-state index in [-0.39, 0.29) is 18.6 Å². The number of carboxylic acids is 1. The number of carboxylic acid groups (broad SMARTS) is 1. The van der Waals surface area contributed by atoms with Crippen LogP contribution in [0.5, 0.6) is 0 Å². The van der Waals surface area contributed by atoms with E-state index in [4.69, 9.17) is 5.11 Å². The van der Waals surface area contributed by atoms with Crippen LogP contribution in [0.25, 0.3) is 0 Å². The van der Waals surface area contributed by atoms with Gasteiger partial charge in [0.15, 0.2) is 0 Å². The van der Waals surface area contributed by atoms with Gasteiger partial charge >= 0.3 is 5.97 Å². The molecule has 17 heavy (non-hydrogen) atoms. The van der Waals surface area contributed by atoms with Crippen LogP contribution in [-0.4, -0.2) is 28.6 Å². The Bertz CT molecular complexity index is 348. The number of aliphatic carboxylic acids is 1. The van der Waals surface area contributed by atoms with E-state index in [0.29, 0.717) is 0 Å². The molecule has 3 nitrogen and oxygen atoms in total. The molecule has 0 spiro atoms. The van der Waals surface area contributed by atoms with Crippen LogP contribution in [0.4, 0.5) is 0 Å². The maximum absolute atomic E-state index is 10.9. The van der Waals surface area contributed by atoms with Crippen molar-refractivity contribution in [2.75, 3.05) is 6.54 Å². The zero-order chi connectivity index (χ0) is 12.8. The summed E-state index contributed by atoms with van der Waals surface area (Å²) in [5, 5.41) is 8.98. The Morgan fingerprint density at radius 2 is 1.88 bits per heavy atom. The fourth-order valence-corrected chi connectivity index (χ4v) is 2.15. The SMILES string of the molecule is CCC(c1ccccc1)N(CC(=O)O)C(C)C. The molecule has 1 N–H and O–H groups in total. The van der Waals surface area contributed by atoms with Crippen molar-refractivity contribution >= 4 is 5.97 Å². The standard InChI is InChI=1S/C14H21NO2/c1-4-13(12-8-6-5-7-9-12)15(11(2)3)10-14(16)17/h5-9,11,13H,4,10H2,1-3H3,(H,16,17). The highest BCUT2D eigenvalue weighted by Crippen LogP contribution is 2.25. The van der Waals surface area contributed by atoms with Crippen LogP contribution in [-0.2, 0) is 4.79 Å². The van der Waals surface area contributed by atoms with Crippen LogP contribution < -0.4 is 0 Å². The van der Waals surface area contributed by atoms with Gasteiger partial charge in [0.1, 0.15) is 0 Å². The molecule has 0 amide bonds. The van der Waals surface area contributed by atoms with Crippen molar-refractivity contribution in [2.45, 2.75) is 39.3 Å². The number of nitrogens with zero attached hydrogens (tertiary/aromatic N) is 1. The first kappa shape index (κ1) is 13.7. The summed E-state index contributed by atoms with van der Waals surface area (Å²) >= 11 is 0. The monoisotopic (exact) mass is 235 g/mol. The van der Waals surface area contributed by atoms with Crippen molar-refractivity contribution in [3.8, 4) is 0 Å². The zero-order valence-electron chi connectivity index (χ0n) is 10.8. The molecular weight excluding hydrogens is 214 g/mol. The number of hydrogen-bond donors (Lipinski definition) is 1. The van der Waals surface area contributed by atoms with Gasteiger partial charge in [-0.15, -0.1) is 0 Å². The lowest BCUT2D eigenvalue weighted by atomic mass is 10.0. The van der Waals surface area contributed by atoms with Gasteiger partial charge in [-0.05, 0) is 25.8 Å². The van der Waals surface area contributed by atoms with E-state index >= 15 is 0 Å². The second-order valence-corrected chi connectivity index (χ2v) is 4.49. The predicted molar refractivity (Wildman–Crippen MR) is 69.0 cm³/mol. The molecule has 0 heterocycles. The van der Waals surface area contributed by atoms with Gasteiger partial charge in [0.05, 0.1) is 6.54 Å². The van der Waals surface area contributed by atoms with Gasteiger partial charge in [0.2, 0.25) is 0 Å². The highest BCUT2D eigenvalue weighted by molar-refractivity contribution is 5.69. The quantitative estimate of drug-likeness (QED) is 0.824. The molecule has 0 radical (unpaired) electrons. The maximum Gasteiger partial charge on any atom is 0.317 e. The molecule has 1 aromatic carbocycles. The summed E-state index contributed by atoms with van der Waals surface area (Å²) in [5.74, 6) is -0.770. The zero-order valence-corrected chi connectivity index (χ0v) is 10.8. The fourth-order valence-electron chi connectivity index (χ4n) is 2.15. The van der Waals surface area contributed by atoms with E-state index in [1.165, 1.54) is 5.56 Å². The molecule has 3 heteroatoms. The van der Waals surface area contributed by atoms with E-state index in [2.05, 4.69) is 19.1 Å². The third-order valence-electron chi connectivity index (χ3n) is 2.95. The van der Waals surface area contributed by atoms with Crippen LogP contribution in [0, 0.1) is 0 Å². The summed E-state index contributed by atoms with van der Waals surface area (Å²) in [7, 11) is 0. The molecule has 0 aliphatic rings. The van der Waals surface area contributed by atoms with Crippen LogP contribution in [0.3, 0.4) is 0 Å². The molecule has 0 saturated heterocycles. The molecule has 94 valence electrons. The largest absolute Gasteiger partial charge is 0.480 e. The summed E-state index contributed by atoms with van der Waals surface area (Å²) in [6, 6.07) is 10.5. The van der Waals surface area contributed by atoms with E-state index in [1.54, 1.807) is 0 Å². The second kappa shape index (κ2) is 6.40. The van der Waals surface area contributed by atoms with Gasteiger partial charge < -0.3 is 5.11 Å². The third-order valence-corrected chi connectivity index (χ3v) is 2.95. The summed E-state index contributed by atoms with van der Waals surface area (Å²) in [4.78, 5) is 12.9. The lowest BCUT2D eigenvalue weighted by molar-refractivity contribution is -0.139. The lowest BCUT2D eigenvalue weighted by Crippen LogP contribution is -2.38. The smallest absolute Gasteiger partial charge is 0.317 e. The summed E-state index contributed by atoms with van der Waals surface area (Å²) in [6.07, 6.45) is 0.912. The number of rotatable bonds is 6. The Balaban J connectivity index is 2.93. The molecule has 0 bridgehead atoms. The summed E-state index contributed by atoms with van der Waals surface area (Å²) < 4.78 is 0. The first-order valence-electron chi connectivity index (χ1n) is 6.08. The lowest BCUT2D eigenvalue weighted by Gasteiger charge is -2.33. The van der Waals surface area contributed by atoms with Gasteiger partial charge in [-0.2, -0.15) is 0 Å². The molecule has 1 aromatic rings. The maximum atomic E-state index is 10.9. The molecule has 0 fully saturated rings. The normalized spacial score (nSPS) is 13.0. The summed E-state index contributed by atoms with van der Waals surface area (Å²) in [5.41, 5.74) is 1.19. The topological polar surface area (TPSA) is 40.5 Å². The highest BCUT2D eigenvalue weighted by atomic mass is 16.4. The molecule has 0 aliphatic heterocycles. The van der Waals surface area contributed by atoms with Crippen LogP contribution in [0.15, 0.2) is 30.3 Å². The Kier molecular flexibility index (Phi) is 5.16. The Labute approximate surface area is 103 Å². The minimum absolute atomic E-state index is 0.0884. The van der Waals surface area contributed by atoms with E-state index in [9.17, 15) is 4.79 Å². The summed E-state index contributed by atoms with van der Waals surface area (Å²) in [6.45, 7) is 6.25. The molecular formula is C14H21NO2. The van der Waals surface area contributed by atoms with Gasteiger partial charge in [-0.3, -0.25) is 9.69 Å². The fraction of sp³-hybridized carbons (Fsp3) is 0.500. The number of carbonyl (C=O) groups is 1. The van der Waals surface area contributed by atoms with Crippen molar-refractivity contribution in [1.82, 2.24) is 4.90 Å². The highest BCUT2D eigenvalue weighted by Gasteiger charge is 2.23. The number of hydrogen-bond acceptors (Lipinski definition) is 2. The first-order valence-corrected chi connectivity index (χ1v) is 6.08. The second-order valence-electron chi connectivity index (χ2n) is 4.49. The van der Waals surface area contributed by atoms with E-state index in [0.717, 1.165) is 6.42 Å². The van der Waals surface area contributed by atoms with Crippen LogP contribution >= 0.6 is 0 Å². The molecule has 1 rings (SSSR count). The number of benzene rings is 1.